The Morgan fingerprint density at radius 1 is 1.12 bits per heavy atom. The second-order valence-electron chi connectivity index (χ2n) is 6.78. The number of carboxylic acids is 1. The lowest BCUT2D eigenvalue weighted by molar-refractivity contribution is -0.112. The van der Waals surface area contributed by atoms with Gasteiger partial charge >= 0.3 is 5.97 Å². The van der Waals surface area contributed by atoms with E-state index in [4.69, 9.17) is 21.1 Å². The average Bonchev–Trinajstić information content (AvgIpc) is 2.82. The minimum Gasteiger partial charge on any atom is -0.493 e. The molecule has 33 heavy (non-hydrogen) atoms. The maximum Gasteiger partial charge on any atom is 0.337 e. The number of carbonyl (C=O) groups is 2. The van der Waals surface area contributed by atoms with Gasteiger partial charge in [0, 0.05) is 0 Å². The number of carbonyl (C=O) groups excluding carboxylic acids is 1. The van der Waals surface area contributed by atoms with Crippen molar-refractivity contribution in [1.29, 1.82) is 5.26 Å². The number of methoxy groups -OCH3 is 1. The fraction of sp³-hybridized carbons (Fsp3) is 0.0800. The zero-order valence-electron chi connectivity index (χ0n) is 17.5. The van der Waals surface area contributed by atoms with Crippen molar-refractivity contribution in [2.75, 3.05) is 12.4 Å². The fourth-order valence-corrected chi connectivity index (χ4v) is 3.25. The van der Waals surface area contributed by atoms with E-state index < -0.39 is 11.9 Å². The van der Waals surface area contributed by atoms with E-state index in [9.17, 15) is 20.0 Å². The molecule has 2 N–H and O–H groups in total. The minimum atomic E-state index is -1.20. The molecule has 0 heterocycles. The van der Waals surface area contributed by atoms with Gasteiger partial charge in [-0.2, -0.15) is 5.26 Å². The van der Waals surface area contributed by atoms with Crippen LogP contribution in [-0.2, 0) is 11.4 Å². The average molecular weight is 463 g/mol. The summed E-state index contributed by atoms with van der Waals surface area (Å²) in [6.45, 7) is 0.279. The molecule has 0 saturated carbocycles. The highest BCUT2D eigenvalue weighted by atomic mass is 35.5. The predicted octanol–water partition coefficient (Wildman–Crippen LogP) is 5.17. The van der Waals surface area contributed by atoms with Crippen molar-refractivity contribution in [3.63, 3.8) is 0 Å². The molecule has 0 unspecified atom stereocenters. The van der Waals surface area contributed by atoms with Gasteiger partial charge in [-0.15, -0.1) is 0 Å². The maximum absolute atomic E-state index is 12.6. The molecule has 0 bridgehead atoms. The van der Waals surface area contributed by atoms with Crippen LogP contribution in [0.5, 0.6) is 11.5 Å². The fourth-order valence-electron chi connectivity index (χ4n) is 2.98. The maximum atomic E-state index is 12.6. The number of ether oxygens (including phenoxy) is 2. The summed E-state index contributed by atoms with van der Waals surface area (Å²) in [6.07, 6.45) is 1.33. The largest absolute Gasteiger partial charge is 0.493 e. The summed E-state index contributed by atoms with van der Waals surface area (Å²) in [5, 5.41) is 21.5. The summed E-state index contributed by atoms with van der Waals surface area (Å²) in [5.41, 5.74) is 1.13. The van der Waals surface area contributed by atoms with Gasteiger partial charge in [-0.1, -0.05) is 54.1 Å². The molecule has 8 heteroatoms. The molecule has 0 radical (unpaired) electrons. The van der Waals surface area contributed by atoms with Crippen molar-refractivity contribution in [2.45, 2.75) is 6.61 Å². The normalized spacial score (nSPS) is 10.8. The number of nitrogens with one attached hydrogen (secondary N) is 1. The van der Waals surface area contributed by atoms with Crippen molar-refractivity contribution in [2.24, 2.45) is 0 Å². The molecule has 1 amide bonds. The number of anilines is 1. The molecule has 0 aromatic heterocycles. The van der Waals surface area contributed by atoms with E-state index in [1.807, 2.05) is 36.4 Å². The number of hydrogen-bond donors (Lipinski definition) is 2. The Bertz CT molecular complexity index is 1250. The molecule has 0 spiro atoms. The molecule has 0 atom stereocenters. The lowest BCUT2D eigenvalue weighted by atomic mass is 10.1. The van der Waals surface area contributed by atoms with Crippen LogP contribution in [0.2, 0.25) is 5.02 Å². The number of para-hydroxylation sites is 1. The standard InChI is InChI=1S/C25H19ClN2O5/c1-32-22-13-17(12-20(26)23(22)33-15-16-7-3-2-4-8-16)11-18(14-27)24(29)28-21-10-6-5-9-19(21)25(30)31/h2-13H,15H2,1H3,(H,28,29)(H,30,31)/b18-11+. The molecule has 0 aliphatic rings. The Labute approximate surface area is 195 Å². The SMILES string of the molecule is COc1cc(/C=C(\C#N)C(=O)Nc2ccccc2C(=O)O)cc(Cl)c1OCc1ccccc1. The van der Waals surface area contributed by atoms with Crippen molar-refractivity contribution in [3.8, 4) is 17.6 Å². The number of halogens is 1. The van der Waals surface area contributed by atoms with E-state index in [1.54, 1.807) is 18.2 Å². The van der Waals surface area contributed by atoms with Crippen LogP contribution in [0.3, 0.4) is 0 Å². The van der Waals surface area contributed by atoms with Crippen LogP contribution in [0.1, 0.15) is 21.5 Å². The van der Waals surface area contributed by atoms with Crippen molar-refractivity contribution in [1.82, 2.24) is 0 Å². The molecule has 0 fully saturated rings. The van der Waals surface area contributed by atoms with E-state index >= 15 is 0 Å². The third kappa shape index (κ3) is 5.91. The van der Waals surface area contributed by atoms with Crippen LogP contribution in [0.15, 0.2) is 72.3 Å². The van der Waals surface area contributed by atoms with E-state index in [-0.39, 0.29) is 28.5 Å². The molecule has 3 aromatic carbocycles. The van der Waals surface area contributed by atoms with E-state index in [1.165, 1.54) is 31.4 Å². The summed E-state index contributed by atoms with van der Waals surface area (Å²) in [4.78, 5) is 24.0. The monoisotopic (exact) mass is 462 g/mol. The van der Waals surface area contributed by atoms with E-state index in [0.717, 1.165) is 5.56 Å². The third-order valence-electron chi connectivity index (χ3n) is 4.56. The summed E-state index contributed by atoms with van der Waals surface area (Å²) in [5.74, 6) is -1.29. The first-order valence-corrected chi connectivity index (χ1v) is 10.1. The first-order valence-electron chi connectivity index (χ1n) is 9.72. The van der Waals surface area contributed by atoms with Gasteiger partial charge in [0.15, 0.2) is 11.5 Å². The van der Waals surface area contributed by atoms with E-state index in [0.29, 0.717) is 17.1 Å². The highest BCUT2D eigenvalue weighted by Gasteiger charge is 2.17. The summed E-state index contributed by atoms with van der Waals surface area (Å²) >= 11 is 6.39. The van der Waals surface area contributed by atoms with Gasteiger partial charge in [-0.3, -0.25) is 4.79 Å². The lowest BCUT2D eigenvalue weighted by Crippen LogP contribution is -2.16. The third-order valence-corrected chi connectivity index (χ3v) is 4.84. The van der Waals surface area contributed by atoms with Crippen LogP contribution in [0.4, 0.5) is 5.69 Å². The number of nitrogens with zero attached hydrogens (tertiary/aromatic N) is 1. The number of hydrogen-bond acceptors (Lipinski definition) is 5. The van der Waals surface area contributed by atoms with Crippen molar-refractivity contribution in [3.05, 3.63) is 94.0 Å². The molecular formula is C25H19ClN2O5. The molecule has 0 aliphatic heterocycles. The van der Waals surface area contributed by atoms with Gasteiger partial charge < -0.3 is 19.9 Å². The van der Waals surface area contributed by atoms with Crippen LogP contribution in [-0.4, -0.2) is 24.1 Å². The summed E-state index contributed by atoms with van der Waals surface area (Å²) in [7, 11) is 1.45. The molecule has 3 rings (SSSR count). The van der Waals surface area contributed by atoms with Gasteiger partial charge in [-0.05, 0) is 41.5 Å². The number of amides is 1. The number of benzene rings is 3. The second kappa shape index (κ2) is 10.8. The Balaban J connectivity index is 1.84. The molecule has 166 valence electrons. The predicted molar refractivity (Wildman–Crippen MR) is 124 cm³/mol. The van der Waals surface area contributed by atoms with E-state index in [2.05, 4.69) is 5.32 Å². The molecular weight excluding hydrogens is 444 g/mol. The van der Waals surface area contributed by atoms with Crippen LogP contribution < -0.4 is 14.8 Å². The zero-order valence-corrected chi connectivity index (χ0v) is 18.3. The first kappa shape index (κ1) is 23.4. The first-order chi connectivity index (χ1) is 15.9. The Morgan fingerprint density at radius 2 is 1.82 bits per heavy atom. The summed E-state index contributed by atoms with van der Waals surface area (Å²) < 4.78 is 11.2. The van der Waals surface area contributed by atoms with Crippen molar-refractivity contribution >= 4 is 35.2 Å². The number of nitriles is 1. The number of carboxylic acid groups (broad SMARTS) is 1. The number of aromatic carboxylic acids is 1. The van der Waals surface area contributed by atoms with Gasteiger partial charge in [-0.25, -0.2) is 4.79 Å². The van der Waals surface area contributed by atoms with Crippen molar-refractivity contribution < 1.29 is 24.2 Å². The molecule has 0 saturated heterocycles. The van der Waals surface area contributed by atoms with Gasteiger partial charge in [0.05, 0.1) is 23.4 Å². The van der Waals surface area contributed by atoms with Crippen LogP contribution in [0, 0.1) is 11.3 Å². The zero-order chi connectivity index (χ0) is 23.8. The Kier molecular flexibility index (Phi) is 7.68. The topological polar surface area (TPSA) is 109 Å². The highest BCUT2D eigenvalue weighted by molar-refractivity contribution is 6.32. The lowest BCUT2D eigenvalue weighted by Gasteiger charge is -2.13. The van der Waals surface area contributed by atoms with Crippen LogP contribution in [0.25, 0.3) is 6.08 Å². The molecule has 0 aliphatic carbocycles. The number of rotatable bonds is 8. The highest BCUT2D eigenvalue weighted by Crippen LogP contribution is 2.37. The summed E-state index contributed by atoms with van der Waals surface area (Å²) in [6, 6.07) is 20.4. The Morgan fingerprint density at radius 3 is 2.48 bits per heavy atom. The van der Waals surface area contributed by atoms with Gasteiger partial charge in [0.1, 0.15) is 18.2 Å². The smallest absolute Gasteiger partial charge is 0.337 e. The Hall–Kier alpha value is -4.28. The van der Waals surface area contributed by atoms with Gasteiger partial charge in [0.2, 0.25) is 0 Å². The van der Waals surface area contributed by atoms with Gasteiger partial charge in [0.25, 0.3) is 5.91 Å². The molecule has 7 nitrogen and oxygen atoms in total. The van der Waals surface area contributed by atoms with Crippen LogP contribution >= 0.6 is 11.6 Å². The quantitative estimate of drug-likeness (QED) is 0.353. The molecule has 3 aromatic rings. The minimum absolute atomic E-state index is 0.0800. The second-order valence-corrected chi connectivity index (χ2v) is 7.19.